The molecule has 0 bridgehead atoms. The second-order valence-corrected chi connectivity index (χ2v) is 4.98. The van der Waals surface area contributed by atoms with Crippen LogP contribution in [0.2, 0.25) is 0 Å². The van der Waals surface area contributed by atoms with Crippen molar-refractivity contribution in [3.63, 3.8) is 0 Å². The van der Waals surface area contributed by atoms with Gasteiger partial charge < -0.3 is 9.67 Å². The van der Waals surface area contributed by atoms with Crippen molar-refractivity contribution in [3.05, 3.63) is 61.6 Å². The van der Waals surface area contributed by atoms with Gasteiger partial charge in [0.1, 0.15) is 5.56 Å². The predicted octanol–water partition coefficient (Wildman–Crippen LogP) is 2.45. The van der Waals surface area contributed by atoms with Crippen LogP contribution >= 0.6 is 22.6 Å². The highest BCUT2D eigenvalue weighted by Gasteiger charge is 2.12. The molecule has 2 aromatic rings. The van der Waals surface area contributed by atoms with Crippen LogP contribution in [0.3, 0.4) is 0 Å². The molecule has 0 fully saturated rings. The molecular formula is C13H10INO3. The highest BCUT2D eigenvalue weighted by atomic mass is 127. The van der Waals surface area contributed by atoms with Gasteiger partial charge in [0.2, 0.25) is 0 Å². The summed E-state index contributed by atoms with van der Waals surface area (Å²) in [5, 5.41) is 8.98. The molecule has 0 atom stereocenters. The largest absolute Gasteiger partial charge is 0.477 e. The van der Waals surface area contributed by atoms with E-state index in [1.54, 1.807) is 11.5 Å². The van der Waals surface area contributed by atoms with Crippen LogP contribution in [0, 0.1) is 10.5 Å². The summed E-state index contributed by atoms with van der Waals surface area (Å²) in [5.41, 5.74) is 0.870. The van der Waals surface area contributed by atoms with Gasteiger partial charge in [0.15, 0.2) is 5.43 Å². The molecule has 1 N–H and O–H groups in total. The van der Waals surface area contributed by atoms with Crippen LogP contribution in [0.15, 0.2) is 41.3 Å². The molecule has 18 heavy (non-hydrogen) atoms. The smallest absolute Gasteiger partial charge is 0.341 e. The minimum absolute atomic E-state index is 0.222. The molecule has 4 nitrogen and oxygen atoms in total. The molecule has 0 aliphatic rings. The van der Waals surface area contributed by atoms with Crippen molar-refractivity contribution >= 4 is 28.6 Å². The van der Waals surface area contributed by atoms with E-state index in [9.17, 15) is 9.59 Å². The Morgan fingerprint density at radius 1 is 1.33 bits per heavy atom. The Morgan fingerprint density at radius 3 is 2.61 bits per heavy atom. The zero-order valence-electron chi connectivity index (χ0n) is 9.55. The molecule has 0 unspecified atom stereocenters. The Hall–Kier alpha value is -1.63. The Balaban J connectivity index is 2.73. The van der Waals surface area contributed by atoms with Crippen molar-refractivity contribution in [2.24, 2.45) is 0 Å². The number of aromatic nitrogens is 1. The quantitative estimate of drug-likeness (QED) is 0.842. The van der Waals surface area contributed by atoms with Crippen molar-refractivity contribution in [1.82, 2.24) is 4.57 Å². The average molecular weight is 355 g/mol. The maximum absolute atomic E-state index is 11.6. The van der Waals surface area contributed by atoms with E-state index in [0.717, 1.165) is 9.26 Å². The maximum atomic E-state index is 11.6. The fourth-order valence-electron chi connectivity index (χ4n) is 1.70. The second kappa shape index (κ2) is 4.93. The first kappa shape index (κ1) is 12.8. The zero-order valence-corrected chi connectivity index (χ0v) is 11.7. The van der Waals surface area contributed by atoms with Gasteiger partial charge in [0, 0.05) is 21.5 Å². The van der Waals surface area contributed by atoms with Crippen LogP contribution in [0.4, 0.5) is 0 Å². The number of halogens is 1. The number of para-hydroxylation sites is 1. The second-order valence-electron chi connectivity index (χ2n) is 3.82. The molecule has 1 heterocycles. The lowest BCUT2D eigenvalue weighted by Gasteiger charge is -2.13. The normalized spacial score (nSPS) is 10.3. The molecule has 0 amide bonds. The Morgan fingerprint density at radius 2 is 2.00 bits per heavy atom. The van der Waals surface area contributed by atoms with Crippen molar-refractivity contribution in [3.8, 4) is 5.69 Å². The van der Waals surface area contributed by atoms with Crippen LogP contribution in [0.1, 0.15) is 16.1 Å². The van der Waals surface area contributed by atoms with E-state index in [1.807, 2.05) is 24.3 Å². The van der Waals surface area contributed by atoms with Crippen molar-refractivity contribution in [1.29, 1.82) is 0 Å². The number of hydrogen-bond acceptors (Lipinski definition) is 2. The van der Waals surface area contributed by atoms with E-state index in [1.165, 1.54) is 12.3 Å². The lowest BCUT2D eigenvalue weighted by molar-refractivity contribution is 0.0695. The highest BCUT2D eigenvalue weighted by molar-refractivity contribution is 14.1. The van der Waals surface area contributed by atoms with E-state index in [0.29, 0.717) is 5.69 Å². The molecule has 1 aromatic carbocycles. The minimum Gasteiger partial charge on any atom is -0.477 e. The maximum Gasteiger partial charge on any atom is 0.341 e. The van der Waals surface area contributed by atoms with Gasteiger partial charge in [-0.3, -0.25) is 4.79 Å². The molecule has 0 radical (unpaired) electrons. The number of aromatic carboxylic acids is 1. The number of carbonyl (C=O) groups is 1. The fourth-order valence-corrected chi connectivity index (χ4v) is 2.35. The van der Waals surface area contributed by atoms with E-state index in [-0.39, 0.29) is 5.56 Å². The summed E-state index contributed by atoms with van der Waals surface area (Å²) in [6.45, 7) is 1.77. The summed E-state index contributed by atoms with van der Waals surface area (Å²) in [4.78, 5) is 22.5. The number of carboxylic acids is 1. The minimum atomic E-state index is -1.21. The SMILES string of the molecule is Cc1cc(=O)c(C(=O)O)cn1-c1ccccc1I. The Kier molecular flexibility index (Phi) is 3.51. The van der Waals surface area contributed by atoms with Crippen molar-refractivity contribution < 1.29 is 9.90 Å². The molecule has 0 saturated carbocycles. The lowest BCUT2D eigenvalue weighted by Crippen LogP contribution is -2.18. The molecule has 0 aliphatic heterocycles. The number of carboxylic acid groups (broad SMARTS) is 1. The van der Waals surface area contributed by atoms with Gasteiger partial charge >= 0.3 is 5.97 Å². The molecule has 0 aliphatic carbocycles. The molecule has 0 spiro atoms. The molecule has 1 aromatic heterocycles. The van der Waals surface area contributed by atoms with Gasteiger partial charge in [-0.15, -0.1) is 0 Å². The third kappa shape index (κ3) is 2.31. The van der Waals surface area contributed by atoms with Gasteiger partial charge in [-0.05, 0) is 41.6 Å². The number of hydrogen-bond donors (Lipinski definition) is 1. The monoisotopic (exact) mass is 355 g/mol. The van der Waals surface area contributed by atoms with Gasteiger partial charge in [-0.1, -0.05) is 12.1 Å². The number of benzene rings is 1. The molecule has 92 valence electrons. The predicted molar refractivity (Wildman–Crippen MR) is 76.5 cm³/mol. The van der Waals surface area contributed by atoms with Crippen LogP contribution < -0.4 is 5.43 Å². The first-order chi connectivity index (χ1) is 8.50. The van der Waals surface area contributed by atoms with Crippen molar-refractivity contribution in [2.45, 2.75) is 6.92 Å². The topological polar surface area (TPSA) is 59.3 Å². The van der Waals surface area contributed by atoms with Gasteiger partial charge in [0.05, 0.1) is 5.69 Å². The first-order valence-corrected chi connectivity index (χ1v) is 6.30. The fraction of sp³-hybridized carbons (Fsp3) is 0.0769. The lowest BCUT2D eigenvalue weighted by atomic mass is 10.2. The van der Waals surface area contributed by atoms with Gasteiger partial charge in [-0.25, -0.2) is 4.79 Å². The van der Waals surface area contributed by atoms with Crippen LogP contribution in [0.25, 0.3) is 5.69 Å². The van der Waals surface area contributed by atoms with E-state index in [2.05, 4.69) is 22.6 Å². The van der Waals surface area contributed by atoms with Gasteiger partial charge in [-0.2, -0.15) is 0 Å². The molecule has 5 heteroatoms. The average Bonchev–Trinajstić information content (AvgIpc) is 2.30. The number of aryl methyl sites for hydroxylation is 1. The highest BCUT2D eigenvalue weighted by Crippen LogP contribution is 2.18. The van der Waals surface area contributed by atoms with E-state index in [4.69, 9.17) is 5.11 Å². The summed E-state index contributed by atoms with van der Waals surface area (Å²) in [5.74, 6) is -1.21. The summed E-state index contributed by atoms with van der Waals surface area (Å²) >= 11 is 2.17. The summed E-state index contributed by atoms with van der Waals surface area (Å²) in [6, 6.07) is 8.92. The van der Waals surface area contributed by atoms with Gasteiger partial charge in [0.25, 0.3) is 0 Å². The Labute approximate surface area is 117 Å². The third-order valence-corrected chi connectivity index (χ3v) is 3.50. The summed E-state index contributed by atoms with van der Waals surface area (Å²) in [6.07, 6.45) is 1.37. The third-order valence-electron chi connectivity index (χ3n) is 2.59. The van der Waals surface area contributed by atoms with E-state index >= 15 is 0 Å². The zero-order chi connectivity index (χ0) is 13.3. The molecule has 2 rings (SSSR count). The molecular weight excluding hydrogens is 345 g/mol. The van der Waals surface area contributed by atoms with Crippen LogP contribution in [-0.2, 0) is 0 Å². The van der Waals surface area contributed by atoms with Crippen LogP contribution in [0.5, 0.6) is 0 Å². The van der Waals surface area contributed by atoms with E-state index < -0.39 is 11.4 Å². The van der Waals surface area contributed by atoms with Crippen molar-refractivity contribution in [2.75, 3.05) is 0 Å². The summed E-state index contributed by atoms with van der Waals surface area (Å²) < 4.78 is 2.70. The number of nitrogens with zero attached hydrogens (tertiary/aromatic N) is 1. The number of pyridine rings is 1. The number of rotatable bonds is 2. The Bertz CT molecular complexity index is 676. The first-order valence-electron chi connectivity index (χ1n) is 5.22. The standard InChI is InChI=1S/C13H10INO3/c1-8-6-12(16)9(13(17)18)7-15(8)11-5-3-2-4-10(11)14/h2-7H,1H3,(H,17,18). The van der Waals surface area contributed by atoms with Crippen LogP contribution in [-0.4, -0.2) is 15.6 Å². The molecule has 0 saturated heterocycles. The summed E-state index contributed by atoms with van der Waals surface area (Å²) in [7, 11) is 0.